The molecule has 0 aliphatic carbocycles. The normalized spacial score (nSPS) is 19.0. The number of halogens is 1. The Labute approximate surface area is 132 Å². The van der Waals surface area contributed by atoms with E-state index in [4.69, 9.17) is 10.2 Å². The number of benzene rings is 1. The van der Waals surface area contributed by atoms with E-state index in [0.29, 0.717) is 33.9 Å². The number of rotatable bonds is 2. The molecule has 4 rings (SSSR count). The lowest BCUT2D eigenvalue weighted by atomic mass is 10.2. The van der Waals surface area contributed by atoms with Crippen molar-refractivity contribution < 1.29 is 8.81 Å². The molecule has 120 valence electrons. The maximum atomic E-state index is 13.6. The molecule has 0 saturated carbocycles. The Morgan fingerprint density at radius 3 is 2.96 bits per heavy atom. The lowest BCUT2D eigenvalue weighted by Crippen LogP contribution is -2.34. The smallest absolute Gasteiger partial charge is 0.222 e. The van der Waals surface area contributed by atoms with E-state index in [2.05, 4.69) is 26.8 Å². The Bertz CT molecular complexity index is 893. The third-order valence-corrected chi connectivity index (χ3v) is 4.52. The van der Waals surface area contributed by atoms with Crippen LogP contribution >= 0.6 is 0 Å². The Hall–Kier alpha value is -2.41. The van der Waals surface area contributed by atoms with Crippen molar-refractivity contribution in [3.05, 3.63) is 24.0 Å². The number of nitrogens with zero attached hydrogens (tertiary/aromatic N) is 4. The van der Waals surface area contributed by atoms with Gasteiger partial charge in [0, 0.05) is 25.0 Å². The third-order valence-electron chi connectivity index (χ3n) is 4.52. The number of fused-ring (bicyclic) bond motifs is 3. The molecule has 7 heteroatoms. The van der Waals surface area contributed by atoms with E-state index in [0.717, 1.165) is 19.5 Å². The zero-order valence-electron chi connectivity index (χ0n) is 13.1. The molecule has 2 aromatic heterocycles. The average Bonchev–Trinajstić information content (AvgIpc) is 3.10. The standard InChI is InChI=1S/C16H18FN5O/c1-21-6-5-10(8-21)22(2)15-14-13(19-16(18)20-15)11-7-9(17)3-4-12(11)23-14/h3-4,7,10H,5-6,8H2,1-2H3,(H2,18,19,20). The first-order valence-corrected chi connectivity index (χ1v) is 7.59. The van der Waals surface area contributed by atoms with Gasteiger partial charge in [-0.2, -0.15) is 4.98 Å². The van der Waals surface area contributed by atoms with Crippen LogP contribution in [0.15, 0.2) is 22.6 Å². The van der Waals surface area contributed by atoms with Crippen molar-refractivity contribution in [3.8, 4) is 0 Å². The second kappa shape index (κ2) is 5.06. The van der Waals surface area contributed by atoms with Gasteiger partial charge in [-0.1, -0.05) is 0 Å². The highest BCUT2D eigenvalue weighted by atomic mass is 19.1. The highest BCUT2D eigenvalue weighted by Gasteiger charge is 2.27. The van der Waals surface area contributed by atoms with Gasteiger partial charge in [0.2, 0.25) is 5.95 Å². The summed E-state index contributed by atoms with van der Waals surface area (Å²) < 4.78 is 19.5. The quantitative estimate of drug-likeness (QED) is 0.782. The maximum absolute atomic E-state index is 13.6. The molecule has 3 heterocycles. The molecule has 1 fully saturated rings. The van der Waals surface area contributed by atoms with Gasteiger partial charge in [-0.25, -0.2) is 9.37 Å². The van der Waals surface area contributed by atoms with Crippen molar-refractivity contribution >= 4 is 33.8 Å². The van der Waals surface area contributed by atoms with Gasteiger partial charge >= 0.3 is 0 Å². The van der Waals surface area contributed by atoms with Gasteiger partial charge in [0.05, 0.1) is 0 Å². The van der Waals surface area contributed by atoms with Crippen LogP contribution in [0.5, 0.6) is 0 Å². The fourth-order valence-electron chi connectivity index (χ4n) is 3.26. The third kappa shape index (κ3) is 2.28. The Balaban J connectivity index is 1.90. The van der Waals surface area contributed by atoms with E-state index in [1.54, 1.807) is 6.07 Å². The van der Waals surface area contributed by atoms with Crippen LogP contribution < -0.4 is 10.6 Å². The topological polar surface area (TPSA) is 71.4 Å². The maximum Gasteiger partial charge on any atom is 0.222 e. The molecule has 1 unspecified atom stereocenters. The van der Waals surface area contributed by atoms with Crippen LogP contribution in [-0.4, -0.2) is 48.1 Å². The molecule has 0 spiro atoms. The van der Waals surface area contributed by atoms with Crippen molar-refractivity contribution in [3.63, 3.8) is 0 Å². The molecule has 1 saturated heterocycles. The molecule has 6 nitrogen and oxygen atoms in total. The van der Waals surface area contributed by atoms with Crippen molar-refractivity contribution in [2.45, 2.75) is 12.5 Å². The minimum absolute atomic E-state index is 0.165. The highest BCUT2D eigenvalue weighted by molar-refractivity contribution is 6.06. The SMILES string of the molecule is CN1CCC(N(C)c2nc(N)nc3c2oc2ccc(F)cc23)C1. The fourth-order valence-corrected chi connectivity index (χ4v) is 3.26. The monoisotopic (exact) mass is 315 g/mol. The van der Waals surface area contributed by atoms with Crippen LogP contribution in [-0.2, 0) is 0 Å². The number of hydrogen-bond acceptors (Lipinski definition) is 6. The van der Waals surface area contributed by atoms with Gasteiger partial charge in [0.1, 0.15) is 16.9 Å². The number of furan rings is 1. The highest BCUT2D eigenvalue weighted by Crippen LogP contribution is 2.34. The number of nitrogen functional groups attached to an aromatic ring is 1. The summed E-state index contributed by atoms with van der Waals surface area (Å²) in [4.78, 5) is 13.0. The summed E-state index contributed by atoms with van der Waals surface area (Å²) in [5.41, 5.74) is 7.57. The first-order chi connectivity index (χ1) is 11.0. The summed E-state index contributed by atoms with van der Waals surface area (Å²) >= 11 is 0. The molecule has 1 aromatic carbocycles. The van der Waals surface area contributed by atoms with Gasteiger partial charge in [-0.3, -0.25) is 0 Å². The molecule has 1 atom stereocenters. The zero-order chi connectivity index (χ0) is 16.1. The number of likely N-dealkylation sites (tertiary alicyclic amines) is 1. The minimum atomic E-state index is -0.329. The zero-order valence-corrected chi connectivity index (χ0v) is 13.1. The summed E-state index contributed by atoms with van der Waals surface area (Å²) in [6, 6.07) is 4.73. The molecule has 1 aliphatic heterocycles. The van der Waals surface area contributed by atoms with Crippen LogP contribution in [0, 0.1) is 5.82 Å². The summed E-state index contributed by atoms with van der Waals surface area (Å²) in [6.45, 7) is 2.00. The Kier molecular flexibility index (Phi) is 3.12. The van der Waals surface area contributed by atoms with E-state index in [1.807, 2.05) is 7.05 Å². The Morgan fingerprint density at radius 1 is 1.39 bits per heavy atom. The van der Waals surface area contributed by atoms with Crippen LogP contribution in [0.25, 0.3) is 22.1 Å². The predicted octanol–water partition coefficient (Wildman–Crippen LogP) is 2.24. The van der Waals surface area contributed by atoms with Crippen LogP contribution in [0.4, 0.5) is 16.2 Å². The number of aromatic nitrogens is 2. The number of anilines is 2. The van der Waals surface area contributed by atoms with Gasteiger partial charge in [0.25, 0.3) is 0 Å². The van der Waals surface area contributed by atoms with E-state index >= 15 is 0 Å². The molecule has 0 bridgehead atoms. The number of nitrogens with two attached hydrogens (primary N) is 1. The first kappa shape index (κ1) is 14.2. The van der Waals surface area contributed by atoms with Crippen molar-refractivity contribution in [2.24, 2.45) is 0 Å². The van der Waals surface area contributed by atoms with Gasteiger partial charge in [-0.05, 0) is 38.2 Å². The van der Waals surface area contributed by atoms with Crippen molar-refractivity contribution in [1.29, 1.82) is 0 Å². The second-order valence-electron chi connectivity index (χ2n) is 6.14. The Morgan fingerprint density at radius 2 is 2.22 bits per heavy atom. The second-order valence-corrected chi connectivity index (χ2v) is 6.14. The van der Waals surface area contributed by atoms with Gasteiger partial charge in [0.15, 0.2) is 11.4 Å². The van der Waals surface area contributed by atoms with E-state index < -0.39 is 0 Å². The van der Waals surface area contributed by atoms with Gasteiger partial charge < -0.3 is 20.0 Å². The molecule has 23 heavy (non-hydrogen) atoms. The molecule has 0 radical (unpaired) electrons. The molecule has 2 N–H and O–H groups in total. The molecular weight excluding hydrogens is 297 g/mol. The fraction of sp³-hybridized carbons (Fsp3) is 0.375. The summed E-state index contributed by atoms with van der Waals surface area (Å²) in [5, 5.41) is 0.618. The number of hydrogen-bond donors (Lipinski definition) is 1. The van der Waals surface area contributed by atoms with E-state index in [9.17, 15) is 4.39 Å². The molecule has 0 amide bonds. The van der Waals surface area contributed by atoms with Crippen LogP contribution in [0.3, 0.4) is 0 Å². The average molecular weight is 315 g/mol. The van der Waals surface area contributed by atoms with Crippen LogP contribution in [0.2, 0.25) is 0 Å². The largest absolute Gasteiger partial charge is 0.450 e. The van der Waals surface area contributed by atoms with E-state index in [-0.39, 0.29) is 11.8 Å². The summed E-state index contributed by atoms with van der Waals surface area (Å²) in [6.07, 6.45) is 1.05. The number of likely N-dealkylation sites (N-methyl/N-ethyl adjacent to an activating group) is 2. The van der Waals surface area contributed by atoms with Crippen molar-refractivity contribution in [1.82, 2.24) is 14.9 Å². The molecule has 1 aliphatic rings. The van der Waals surface area contributed by atoms with Gasteiger partial charge in [-0.15, -0.1) is 0 Å². The lowest BCUT2D eigenvalue weighted by Gasteiger charge is -2.25. The summed E-state index contributed by atoms with van der Waals surface area (Å²) in [5.74, 6) is 0.492. The molecule has 3 aromatic rings. The van der Waals surface area contributed by atoms with Crippen molar-refractivity contribution in [2.75, 3.05) is 37.8 Å². The van der Waals surface area contributed by atoms with E-state index in [1.165, 1.54) is 12.1 Å². The first-order valence-electron chi connectivity index (χ1n) is 7.59. The predicted molar refractivity (Wildman–Crippen MR) is 88.0 cm³/mol. The molecular formula is C16H18FN5O. The minimum Gasteiger partial charge on any atom is -0.450 e. The van der Waals surface area contributed by atoms with Crippen LogP contribution in [0.1, 0.15) is 6.42 Å². The lowest BCUT2D eigenvalue weighted by molar-refractivity contribution is 0.409. The summed E-state index contributed by atoms with van der Waals surface area (Å²) in [7, 11) is 4.08.